The van der Waals surface area contributed by atoms with Gasteiger partial charge in [0.05, 0.1) is 0 Å². The maximum Gasteiger partial charge on any atom is 0.394 e. The molecule has 5 N–H and O–H groups in total. The monoisotopic (exact) mass is 160 g/mol. The molecule has 0 aromatic heterocycles. The van der Waals surface area contributed by atoms with Crippen LogP contribution in [0.3, 0.4) is 0 Å². The molecule has 0 bridgehead atoms. The minimum Gasteiger partial charge on any atom is -0.344 e. The largest absolute Gasteiger partial charge is 0.394 e. The third-order valence-corrected chi connectivity index (χ3v) is 0. The summed E-state index contributed by atoms with van der Waals surface area (Å²) in [4.78, 5) is 0. The van der Waals surface area contributed by atoms with Gasteiger partial charge in [-0.15, -0.1) is 0 Å². The van der Waals surface area contributed by atoms with Gasteiger partial charge in [-0.05, 0) is 0 Å². The molecule has 0 aliphatic rings. The molecule has 5 nitrogen and oxygen atoms in total. The van der Waals surface area contributed by atoms with E-state index in [2.05, 4.69) is 0 Å². The molecule has 7 heavy (non-hydrogen) atoms. The van der Waals surface area contributed by atoms with Gasteiger partial charge < -0.3 is 6.15 Å². The molecule has 0 saturated carbocycles. The maximum atomic E-state index is 8.74. The van der Waals surface area contributed by atoms with Gasteiger partial charge in [-0.2, -0.15) is 8.42 Å². The zero-order chi connectivity index (χ0) is 4.50. The van der Waals surface area contributed by atoms with Gasteiger partial charge in [0.2, 0.25) is 0 Å². The van der Waals surface area contributed by atoms with Crippen molar-refractivity contribution in [2.45, 2.75) is 0 Å². The molecule has 0 aliphatic heterocycles. The van der Waals surface area contributed by atoms with Crippen LogP contribution in [0.4, 0.5) is 0 Å². The van der Waals surface area contributed by atoms with Crippen LogP contribution >= 0.6 is 0 Å². The van der Waals surface area contributed by atoms with Crippen molar-refractivity contribution in [3.63, 3.8) is 0 Å². The number of hydrogen-bond acceptors (Lipinski definition) is 3. The van der Waals surface area contributed by atoms with Crippen molar-refractivity contribution in [1.82, 2.24) is 6.15 Å². The van der Waals surface area contributed by atoms with Crippen LogP contribution in [0.15, 0.2) is 0 Å². The summed E-state index contributed by atoms with van der Waals surface area (Å²) in [6, 6.07) is 0. The van der Waals surface area contributed by atoms with Gasteiger partial charge in [0.1, 0.15) is 0 Å². The van der Waals surface area contributed by atoms with E-state index in [1.165, 1.54) is 0 Å². The standard InChI is InChI=1S/H3N.H2O4S.Sc/c;1-5(2,3)4;/h1H3;(H2,1,2,3,4);. The second-order valence-corrected chi connectivity index (χ2v) is 1.34. The van der Waals surface area contributed by atoms with Gasteiger partial charge in [-0.3, -0.25) is 9.11 Å². The van der Waals surface area contributed by atoms with Gasteiger partial charge in [-0.1, -0.05) is 0 Å². The van der Waals surface area contributed by atoms with E-state index in [0.717, 1.165) is 0 Å². The van der Waals surface area contributed by atoms with E-state index < -0.39 is 10.4 Å². The first-order chi connectivity index (χ1) is 2.00. The van der Waals surface area contributed by atoms with E-state index >= 15 is 0 Å². The molecule has 0 rings (SSSR count). The SMILES string of the molecule is N.O=S(=O)(O)O.[Sc]. The molecule has 0 spiro atoms. The molecule has 0 aromatic rings. The van der Waals surface area contributed by atoms with Crippen molar-refractivity contribution in [3.05, 3.63) is 0 Å². The van der Waals surface area contributed by atoms with E-state index in [0.29, 0.717) is 0 Å². The van der Waals surface area contributed by atoms with Crippen molar-refractivity contribution >= 4 is 10.4 Å². The van der Waals surface area contributed by atoms with Crippen LogP contribution in [-0.4, -0.2) is 17.5 Å². The average molecular weight is 160 g/mol. The van der Waals surface area contributed by atoms with Crippen LogP contribution in [-0.2, 0) is 36.2 Å². The molecular formula is H5NO4SSc. The van der Waals surface area contributed by atoms with Gasteiger partial charge in [0.15, 0.2) is 0 Å². The summed E-state index contributed by atoms with van der Waals surface area (Å²) < 4.78 is 31.6. The fraction of sp³-hybridized carbons (Fsp3) is 0. The Hall–Kier alpha value is 0.700. The van der Waals surface area contributed by atoms with Crippen molar-refractivity contribution in [2.24, 2.45) is 0 Å². The summed E-state index contributed by atoms with van der Waals surface area (Å²) in [5, 5.41) is 0. The van der Waals surface area contributed by atoms with Crippen LogP contribution in [0.5, 0.6) is 0 Å². The predicted octanol–water partition coefficient (Wildman–Crippen LogP) is -0.493. The number of hydrogen-bond donors (Lipinski definition) is 3. The third kappa shape index (κ3) is 302. The van der Waals surface area contributed by atoms with Gasteiger partial charge in [0.25, 0.3) is 0 Å². The topological polar surface area (TPSA) is 110 Å². The molecule has 0 amide bonds. The van der Waals surface area contributed by atoms with Gasteiger partial charge in [0, 0.05) is 25.8 Å². The van der Waals surface area contributed by atoms with E-state index in [-0.39, 0.29) is 32.0 Å². The summed E-state index contributed by atoms with van der Waals surface area (Å²) in [6.45, 7) is 0. The third-order valence-electron chi connectivity index (χ3n) is 0. The maximum absolute atomic E-state index is 8.74. The van der Waals surface area contributed by atoms with Crippen molar-refractivity contribution in [3.8, 4) is 0 Å². The normalized spacial score (nSPS) is 8.29. The summed E-state index contributed by atoms with van der Waals surface area (Å²) in [7, 11) is -4.67. The van der Waals surface area contributed by atoms with Crippen LogP contribution in [0.25, 0.3) is 0 Å². The van der Waals surface area contributed by atoms with Crippen molar-refractivity contribution < 1.29 is 43.4 Å². The molecule has 0 heterocycles. The number of rotatable bonds is 0. The smallest absolute Gasteiger partial charge is 0.344 e. The van der Waals surface area contributed by atoms with Crippen LogP contribution in [0.2, 0.25) is 0 Å². The van der Waals surface area contributed by atoms with E-state index in [1.54, 1.807) is 0 Å². The first-order valence-electron chi connectivity index (χ1n) is 0.698. The molecular weight excluding hydrogens is 155 g/mol. The van der Waals surface area contributed by atoms with Crippen LogP contribution in [0, 0.1) is 0 Å². The Bertz CT molecular complexity index is 94.9. The molecule has 0 unspecified atom stereocenters. The van der Waals surface area contributed by atoms with Crippen LogP contribution < -0.4 is 6.15 Å². The Morgan fingerprint density at radius 2 is 1.14 bits per heavy atom. The summed E-state index contributed by atoms with van der Waals surface area (Å²) in [5.41, 5.74) is 0. The Labute approximate surface area is 60.1 Å². The van der Waals surface area contributed by atoms with Crippen molar-refractivity contribution in [2.75, 3.05) is 0 Å². The Kier molecular flexibility index (Phi) is 10.8. The summed E-state index contributed by atoms with van der Waals surface area (Å²) >= 11 is 0. The van der Waals surface area contributed by atoms with E-state index in [4.69, 9.17) is 17.5 Å². The predicted molar refractivity (Wildman–Crippen MR) is 19.2 cm³/mol. The van der Waals surface area contributed by atoms with Gasteiger partial charge >= 0.3 is 10.4 Å². The Morgan fingerprint density at radius 3 is 1.14 bits per heavy atom. The second-order valence-electron chi connectivity index (χ2n) is 0.448. The van der Waals surface area contributed by atoms with Crippen molar-refractivity contribution in [1.29, 1.82) is 0 Å². The quantitative estimate of drug-likeness (QED) is 0.414. The fourth-order valence-corrected chi connectivity index (χ4v) is 0. The summed E-state index contributed by atoms with van der Waals surface area (Å²) in [6.07, 6.45) is 0. The second kappa shape index (κ2) is 4.85. The fourth-order valence-electron chi connectivity index (χ4n) is 0. The molecule has 7 heteroatoms. The minimum absolute atomic E-state index is 0. The first kappa shape index (κ1) is 15.6. The molecule has 0 fully saturated rings. The van der Waals surface area contributed by atoms with E-state index in [1.807, 2.05) is 0 Å². The zero-order valence-electron chi connectivity index (χ0n) is 3.40. The molecule has 0 atom stereocenters. The minimum atomic E-state index is -4.67. The first-order valence-corrected chi connectivity index (χ1v) is 2.10. The average Bonchev–Trinajstić information content (AvgIpc) is 0.722. The molecule has 0 aliphatic carbocycles. The van der Waals surface area contributed by atoms with Gasteiger partial charge in [-0.25, -0.2) is 0 Å². The summed E-state index contributed by atoms with van der Waals surface area (Å²) in [5.74, 6) is 0. The molecule has 43 valence electrons. The van der Waals surface area contributed by atoms with Crippen LogP contribution in [0.1, 0.15) is 0 Å². The Morgan fingerprint density at radius 1 is 1.14 bits per heavy atom. The molecule has 1 radical (unpaired) electrons. The molecule has 0 aromatic carbocycles. The molecule has 0 saturated heterocycles. The van der Waals surface area contributed by atoms with E-state index in [9.17, 15) is 0 Å². The zero-order valence-corrected chi connectivity index (χ0v) is 6.02. The Balaban J connectivity index is -0.0000000800.